The van der Waals surface area contributed by atoms with Crippen LogP contribution in [0.4, 0.5) is 17.3 Å². The third kappa shape index (κ3) is 3.13. The Balaban J connectivity index is 1.41. The lowest BCUT2D eigenvalue weighted by Crippen LogP contribution is -2.12. The third-order valence-corrected chi connectivity index (χ3v) is 6.73. The molecule has 0 atom stereocenters. The summed E-state index contributed by atoms with van der Waals surface area (Å²) in [5, 5.41) is 2.61. The molecule has 0 amide bonds. The molecule has 6 aromatic rings. The van der Waals surface area contributed by atoms with Gasteiger partial charge >= 0.3 is 0 Å². The molecule has 0 unspecified atom stereocenters. The third-order valence-electron chi connectivity index (χ3n) is 6.73. The number of aromatic nitrogens is 2. The van der Waals surface area contributed by atoms with Gasteiger partial charge in [-0.3, -0.25) is 4.90 Å². The van der Waals surface area contributed by atoms with E-state index < -0.39 is 0 Å². The number of rotatable bonds is 4. The van der Waals surface area contributed by atoms with Gasteiger partial charge in [0.25, 0.3) is 0 Å². The lowest BCUT2D eigenvalue weighted by atomic mass is 9.94. The summed E-state index contributed by atoms with van der Waals surface area (Å²) in [7, 11) is 0. The maximum absolute atomic E-state index is 4.55. The van der Waals surface area contributed by atoms with Crippen LogP contribution in [0.15, 0.2) is 128 Å². The van der Waals surface area contributed by atoms with Gasteiger partial charge in [-0.2, -0.15) is 0 Å². The van der Waals surface area contributed by atoms with E-state index in [0.717, 1.165) is 11.4 Å². The highest BCUT2D eigenvalue weighted by molar-refractivity contribution is 6.18. The van der Waals surface area contributed by atoms with Crippen molar-refractivity contribution in [1.82, 2.24) is 9.97 Å². The van der Waals surface area contributed by atoms with Crippen LogP contribution in [0.25, 0.3) is 44.2 Å². The molecule has 0 N–H and O–H groups in total. The Bertz CT molecular complexity index is 1620. The Hall–Kier alpha value is -4.76. The van der Waals surface area contributed by atoms with Crippen molar-refractivity contribution < 1.29 is 0 Å². The fourth-order valence-electron chi connectivity index (χ4n) is 5.24. The van der Waals surface area contributed by atoms with Crippen molar-refractivity contribution in [3.05, 3.63) is 128 Å². The van der Waals surface area contributed by atoms with Crippen LogP contribution in [0, 0.1) is 0 Å². The van der Waals surface area contributed by atoms with Gasteiger partial charge in [0.15, 0.2) is 0 Å². The molecular weight excluding hydrogens is 426 g/mol. The average molecular weight is 448 g/mol. The SMILES string of the molecule is c1ccc(N(c2cccc(-c3ccc4c5c(cccc35)-c3ccccc3-4)c2)c2ncccn2)cc1. The van der Waals surface area contributed by atoms with Crippen LogP contribution in [0.5, 0.6) is 0 Å². The summed E-state index contributed by atoms with van der Waals surface area (Å²) in [6.07, 6.45) is 3.56. The largest absolute Gasteiger partial charge is 0.279 e. The van der Waals surface area contributed by atoms with Crippen molar-refractivity contribution in [3.8, 4) is 33.4 Å². The first kappa shape index (κ1) is 19.7. The number of benzene rings is 5. The lowest BCUT2D eigenvalue weighted by Gasteiger charge is -2.23. The zero-order valence-electron chi connectivity index (χ0n) is 19.0. The van der Waals surface area contributed by atoms with E-state index in [9.17, 15) is 0 Å². The zero-order valence-corrected chi connectivity index (χ0v) is 19.0. The minimum absolute atomic E-state index is 0.645. The van der Waals surface area contributed by atoms with Gasteiger partial charge in [0.1, 0.15) is 0 Å². The highest BCUT2D eigenvalue weighted by Crippen LogP contribution is 2.49. The lowest BCUT2D eigenvalue weighted by molar-refractivity contribution is 1.08. The molecule has 0 saturated carbocycles. The maximum Gasteiger partial charge on any atom is 0.234 e. The van der Waals surface area contributed by atoms with E-state index in [1.165, 1.54) is 44.2 Å². The van der Waals surface area contributed by atoms with E-state index in [1.807, 2.05) is 24.3 Å². The predicted octanol–water partition coefficient (Wildman–Crippen LogP) is 8.41. The number of hydrogen-bond donors (Lipinski definition) is 0. The van der Waals surface area contributed by atoms with Crippen LogP contribution in [0.3, 0.4) is 0 Å². The standard InChI is InChI=1S/C32H21N3/c1-2-10-23(11-3-1)35(32-33-19-8-20-34-32)24-12-6-9-22(21-24)25-17-18-30-27-14-5-4-13-26(27)29-16-7-15-28(25)31(29)30/h1-21H. The monoisotopic (exact) mass is 447 g/mol. The number of fused-ring (bicyclic) bond motifs is 3. The van der Waals surface area contributed by atoms with E-state index in [0.29, 0.717) is 5.95 Å². The van der Waals surface area contributed by atoms with Gasteiger partial charge in [0.2, 0.25) is 5.95 Å². The first-order valence-corrected chi connectivity index (χ1v) is 11.8. The van der Waals surface area contributed by atoms with Gasteiger partial charge in [0.05, 0.1) is 0 Å². The van der Waals surface area contributed by atoms with Crippen LogP contribution in [0.1, 0.15) is 0 Å². The number of anilines is 3. The topological polar surface area (TPSA) is 29.0 Å². The molecule has 0 saturated heterocycles. The quantitative estimate of drug-likeness (QED) is 0.271. The van der Waals surface area contributed by atoms with Crippen LogP contribution >= 0.6 is 0 Å². The molecule has 3 nitrogen and oxygen atoms in total. The van der Waals surface area contributed by atoms with Crippen LogP contribution in [-0.2, 0) is 0 Å². The molecular formula is C32H21N3. The maximum atomic E-state index is 4.55. The highest BCUT2D eigenvalue weighted by atomic mass is 15.3. The van der Waals surface area contributed by atoms with Crippen molar-refractivity contribution in [2.75, 3.05) is 4.90 Å². The molecule has 1 aliphatic rings. The van der Waals surface area contributed by atoms with Gasteiger partial charge in [-0.15, -0.1) is 0 Å². The Labute approximate surface area is 204 Å². The van der Waals surface area contributed by atoms with E-state index >= 15 is 0 Å². The minimum Gasteiger partial charge on any atom is -0.279 e. The smallest absolute Gasteiger partial charge is 0.234 e. The zero-order chi connectivity index (χ0) is 23.2. The molecule has 0 spiro atoms. The van der Waals surface area contributed by atoms with Gasteiger partial charge in [-0.1, -0.05) is 84.9 Å². The van der Waals surface area contributed by atoms with Crippen LogP contribution < -0.4 is 4.90 Å². The second kappa shape index (κ2) is 7.93. The van der Waals surface area contributed by atoms with Crippen LogP contribution in [0.2, 0.25) is 0 Å². The van der Waals surface area contributed by atoms with Gasteiger partial charge < -0.3 is 0 Å². The van der Waals surface area contributed by atoms with E-state index in [1.54, 1.807) is 12.4 Å². The molecule has 5 aromatic carbocycles. The fourth-order valence-corrected chi connectivity index (χ4v) is 5.24. The molecule has 1 aromatic heterocycles. The molecule has 0 fully saturated rings. The first-order valence-electron chi connectivity index (χ1n) is 11.8. The van der Waals surface area contributed by atoms with Gasteiger partial charge in [-0.05, 0) is 74.5 Å². The number of nitrogens with zero attached hydrogens (tertiary/aromatic N) is 3. The fraction of sp³-hybridized carbons (Fsp3) is 0. The summed E-state index contributed by atoms with van der Waals surface area (Å²) in [6, 6.07) is 40.6. The summed E-state index contributed by atoms with van der Waals surface area (Å²) in [6.45, 7) is 0. The van der Waals surface area contributed by atoms with Crippen molar-refractivity contribution in [1.29, 1.82) is 0 Å². The van der Waals surface area contributed by atoms with Crippen LogP contribution in [-0.4, -0.2) is 9.97 Å². The summed E-state index contributed by atoms with van der Waals surface area (Å²) >= 11 is 0. The molecule has 3 heteroatoms. The Morgan fingerprint density at radius 3 is 1.89 bits per heavy atom. The molecule has 1 heterocycles. The molecule has 35 heavy (non-hydrogen) atoms. The molecule has 7 rings (SSSR count). The Morgan fingerprint density at radius 1 is 0.457 bits per heavy atom. The van der Waals surface area contributed by atoms with Gasteiger partial charge in [-0.25, -0.2) is 9.97 Å². The average Bonchev–Trinajstić information content (AvgIpc) is 3.26. The molecule has 0 aliphatic heterocycles. The number of para-hydroxylation sites is 1. The summed E-state index contributed by atoms with van der Waals surface area (Å²) in [5.74, 6) is 0.645. The molecule has 164 valence electrons. The second-order valence-corrected chi connectivity index (χ2v) is 8.70. The predicted molar refractivity (Wildman–Crippen MR) is 144 cm³/mol. The van der Waals surface area contributed by atoms with Crippen molar-refractivity contribution in [3.63, 3.8) is 0 Å². The van der Waals surface area contributed by atoms with Crippen molar-refractivity contribution in [2.45, 2.75) is 0 Å². The molecule has 0 bridgehead atoms. The number of hydrogen-bond acceptors (Lipinski definition) is 3. The summed E-state index contributed by atoms with van der Waals surface area (Å²) in [4.78, 5) is 11.2. The second-order valence-electron chi connectivity index (χ2n) is 8.70. The minimum atomic E-state index is 0.645. The van der Waals surface area contributed by atoms with Crippen molar-refractivity contribution >= 4 is 28.1 Å². The van der Waals surface area contributed by atoms with Crippen molar-refractivity contribution in [2.24, 2.45) is 0 Å². The Morgan fingerprint density at radius 2 is 1.09 bits per heavy atom. The molecule has 1 aliphatic carbocycles. The van der Waals surface area contributed by atoms with E-state index in [2.05, 4.69) is 106 Å². The summed E-state index contributed by atoms with van der Waals surface area (Å²) < 4.78 is 0. The normalized spacial score (nSPS) is 11.4. The Kier molecular flexibility index (Phi) is 4.46. The van der Waals surface area contributed by atoms with E-state index in [-0.39, 0.29) is 0 Å². The first-order chi connectivity index (χ1) is 17.4. The van der Waals surface area contributed by atoms with Gasteiger partial charge in [0, 0.05) is 23.8 Å². The highest BCUT2D eigenvalue weighted by Gasteiger charge is 2.22. The summed E-state index contributed by atoms with van der Waals surface area (Å²) in [5.41, 5.74) is 9.69. The molecule has 0 radical (unpaired) electrons. The van der Waals surface area contributed by atoms with E-state index in [4.69, 9.17) is 0 Å².